The lowest BCUT2D eigenvalue weighted by molar-refractivity contribution is -0.137. The van der Waals surface area contributed by atoms with Gasteiger partial charge in [-0.15, -0.1) is 0 Å². The van der Waals surface area contributed by atoms with Crippen LogP contribution in [0.2, 0.25) is 0 Å². The Hall–Kier alpha value is -2.78. The molecule has 1 saturated carbocycles. The van der Waals surface area contributed by atoms with E-state index in [-0.39, 0.29) is 32.5 Å². The van der Waals surface area contributed by atoms with E-state index >= 15 is 0 Å². The molecule has 0 bridgehead atoms. The monoisotopic (exact) mass is 484 g/mol. The van der Waals surface area contributed by atoms with Crippen LogP contribution in [0.25, 0.3) is 16.1 Å². The Morgan fingerprint density at radius 3 is 2.28 bits per heavy atom. The fraction of sp³-hybridized carbons (Fsp3) is 0.182. The molecule has 1 aliphatic carbocycles. The number of allylic oxidation sites excluding steroid dienone is 1. The molecule has 0 amide bonds. The molecule has 0 aliphatic heterocycles. The molecule has 0 spiro atoms. The Balaban J connectivity index is 1.78. The van der Waals surface area contributed by atoms with Gasteiger partial charge in [-0.25, -0.2) is 13.8 Å². The number of halogens is 6. The molecular formula is C22H14ClF5N2OS. The highest BCUT2D eigenvalue weighted by molar-refractivity contribution is 7.19. The molecule has 1 fully saturated rings. The number of nitrogens with zero attached hydrogens (tertiary/aromatic N) is 1. The second-order valence-corrected chi connectivity index (χ2v) is 8.45. The minimum Gasteiger partial charge on any atom is -0.331 e. The number of alkyl halides is 3. The topological polar surface area (TPSA) is 42.0 Å². The number of aromatic nitrogens is 1. The number of hydrogen-bond donors (Lipinski definition) is 1. The van der Waals surface area contributed by atoms with Gasteiger partial charge in [0.25, 0.3) is 5.24 Å². The van der Waals surface area contributed by atoms with Crippen molar-refractivity contribution in [2.24, 2.45) is 0 Å². The van der Waals surface area contributed by atoms with Gasteiger partial charge in [-0.1, -0.05) is 29.5 Å². The fourth-order valence-corrected chi connectivity index (χ4v) is 4.47. The van der Waals surface area contributed by atoms with Crippen LogP contribution in [-0.2, 0) is 6.18 Å². The number of anilines is 1. The fourth-order valence-electron chi connectivity index (χ4n) is 3.31. The molecule has 0 saturated heterocycles. The average molecular weight is 485 g/mol. The van der Waals surface area contributed by atoms with Gasteiger partial charge < -0.3 is 5.32 Å². The van der Waals surface area contributed by atoms with Crippen molar-refractivity contribution in [3.8, 4) is 10.4 Å². The SMILES string of the molecule is O=C(Cl)c1nc(NC(=C2CCC2)c2c(F)cccc2F)sc1-c1cccc(C(F)(F)F)c1. The van der Waals surface area contributed by atoms with Crippen LogP contribution in [0, 0.1) is 11.6 Å². The number of rotatable bonds is 5. The molecule has 2 aromatic carbocycles. The third kappa shape index (κ3) is 4.40. The molecule has 0 radical (unpaired) electrons. The zero-order valence-electron chi connectivity index (χ0n) is 16.2. The first-order valence-corrected chi connectivity index (χ1v) is 10.7. The van der Waals surface area contributed by atoms with Crippen LogP contribution < -0.4 is 5.32 Å². The first kappa shape index (κ1) is 22.4. The molecule has 10 heteroatoms. The van der Waals surface area contributed by atoms with Crippen LogP contribution in [0.3, 0.4) is 0 Å². The zero-order chi connectivity index (χ0) is 23.0. The lowest BCUT2D eigenvalue weighted by Crippen LogP contribution is -2.11. The Morgan fingerprint density at radius 2 is 1.72 bits per heavy atom. The van der Waals surface area contributed by atoms with E-state index < -0.39 is 28.6 Å². The van der Waals surface area contributed by atoms with Gasteiger partial charge in [0.15, 0.2) is 5.13 Å². The smallest absolute Gasteiger partial charge is 0.331 e. The summed E-state index contributed by atoms with van der Waals surface area (Å²) in [5.74, 6) is -1.54. The maximum atomic E-state index is 14.4. The molecule has 3 nitrogen and oxygen atoms in total. The Labute approximate surface area is 188 Å². The van der Waals surface area contributed by atoms with Gasteiger partial charge >= 0.3 is 6.18 Å². The molecule has 0 unspecified atom stereocenters. The minimum atomic E-state index is -4.57. The van der Waals surface area contributed by atoms with Crippen molar-refractivity contribution in [2.75, 3.05) is 5.32 Å². The summed E-state index contributed by atoms with van der Waals surface area (Å²) < 4.78 is 68.3. The van der Waals surface area contributed by atoms with E-state index in [1.54, 1.807) is 0 Å². The zero-order valence-corrected chi connectivity index (χ0v) is 17.8. The van der Waals surface area contributed by atoms with Gasteiger partial charge in [0.1, 0.15) is 17.3 Å². The van der Waals surface area contributed by atoms with Crippen LogP contribution in [0.15, 0.2) is 48.0 Å². The largest absolute Gasteiger partial charge is 0.416 e. The van der Waals surface area contributed by atoms with E-state index in [0.29, 0.717) is 12.8 Å². The van der Waals surface area contributed by atoms with E-state index in [9.17, 15) is 26.7 Å². The molecule has 1 N–H and O–H groups in total. The van der Waals surface area contributed by atoms with Gasteiger partial charge in [0.2, 0.25) is 0 Å². The maximum absolute atomic E-state index is 14.4. The molecule has 1 aromatic heterocycles. The van der Waals surface area contributed by atoms with E-state index in [4.69, 9.17) is 11.6 Å². The second-order valence-electron chi connectivity index (χ2n) is 7.10. The normalized spacial score (nSPS) is 13.6. The van der Waals surface area contributed by atoms with Crippen LogP contribution in [0.1, 0.15) is 40.9 Å². The highest BCUT2D eigenvalue weighted by Crippen LogP contribution is 2.41. The van der Waals surface area contributed by atoms with Gasteiger partial charge in [-0.2, -0.15) is 13.2 Å². The summed E-state index contributed by atoms with van der Waals surface area (Å²) in [4.78, 5) is 16.2. The highest BCUT2D eigenvalue weighted by atomic mass is 35.5. The minimum absolute atomic E-state index is 0.0819. The predicted octanol–water partition coefficient (Wildman–Crippen LogP) is 7.49. The van der Waals surface area contributed by atoms with Crippen molar-refractivity contribution in [3.63, 3.8) is 0 Å². The van der Waals surface area contributed by atoms with Crippen LogP contribution in [0.4, 0.5) is 27.1 Å². The summed E-state index contributed by atoms with van der Waals surface area (Å²) in [6, 6.07) is 7.92. The third-order valence-corrected chi connectivity index (χ3v) is 6.22. The molecule has 3 aromatic rings. The van der Waals surface area contributed by atoms with E-state index in [2.05, 4.69) is 10.3 Å². The number of carbonyl (C=O) groups excluding carboxylic acids is 1. The number of hydrogen-bond acceptors (Lipinski definition) is 4. The Morgan fingerprint density at radius 1 is 1.06 bits per heavy atom. The predicted molar refractivity (Wildman–Crippen MR) is 113 cm³/mol. The van der Waals surface area contributed by atoms with E-state index in [0.717, 1.165) is 47.6 Å². The summed E-state index contributed by atoms with van der Waals surface area (Å²) in [5, 5.41) is 2.00. The van der Waals surface area contributed by atoms with Gasteiger partial charge in [-0.3, -0.25) is 4.79 Å². The van der Waals surface area contributed by atoms with Crippen molar-refractivity contribution >= 4 is 39.0 Å². The van der Waals surface area contributed by atoms with Crippen LogP contribution in [-0.4, -0.2) is 10.2 Å². The molecule has 1 aliphatic rings. The van der Waals surface area contributed by atoms with Crippen molar-refractivity contribution in [2.45, 2.75) is 25.4 Å². The van der Waals surface area contributed by atoms with Gasteiger partial charge in [0.05, 0.1) is 21.7 Å². The first-order chi connectivity index (χ1) is 15.1. The lowest BCUT2D eigenvalue weighted by Gasteiger charge is -2.23. The summed E-state index contributed by atoms with van der Waals surface area (Å²) in [5.41, 5.74) is -0.309. The molecule has 32 heavy (non-hydrogen) atoms. The maximum Gasteiger partial charge on any atom is 0.416 e. The summed E-state index contributed by atoms with van der Waals surface area (Å²) in [6.07, 6.45) is -2.46. The molecule has 166 valence electrons. The molecule has 1 heterocycles. The van der Waals surface area contributed by atoms with Crippen LogP contribution in [0.5, 0.6) is 0 Å². The summed E-state index contributed by atoms with van der Waals surface area (Å²) >= 11 is 6.50. The third-order valence-electron chi connectivity index (χ3n) is 5.02. The Bertz CT molecular complexity index is 1210. The van der Waals surface area contributed by atoms with Crippen LogP contribution >= 0.6 is 22.9 Å². The summed E-state index contributed by atoms with van der Waals surface area (Å²) in [7, 11) is 0. The van der Waals surface area contributed by atoms with E-state index in [1.165, 1.54) is 18.2 Å². The molecule has 4 rings (SSSR count). The van der Waals surface area contributed by atoms with Crippen molar-refractivity contribution in [1.29, 1.82) is 0 Å². The standard InChI is InChI=1S/C22H14ClF5N2OS/c23-20(31)18-19(12-6-2-7-13(10-12)22(26,27)28)32-21(30-18)29-17(11-4-1-5-11)16-14(24)8-3-9-15(16)25/h2-3,6-10H,1,4-5H2,(H,29,30). The quantitative estimate of drug-likeness (QED) is 0.301. The number of nitrogens with one attached hydrogen (secondary N) is 1. The second kappa shape index (κ2) is 8.63. The van der Waals surface area contributed by atoms with E-state index in [1.807, 2.05) is 0 Å². The van der Waals surface area contributed by atoms with Crippen molar-refractivity contribution in [1.82, 2.24) is 4.98 Å². The highest BCUT2D eigenvalue weighted by Gasteiger charge is 2.31. The van der Waals surface area contributed by atoms with Gasteiger partial charge in [-0.05, 0) is 66.3 Å². The molecular weight excluding hydrogens is 471 g/mol. The number of thiazole rings is 1. The number of benzene rings is 2. The Kier molecular flexibility index (Phi) is 6.05. The van der Waals surface area contributed by atoms with Gasteiger partial charge in [0, 0.05) is 0 Å². The van der Waals surface area contributed by atoms with Crippen molar-refractivity contribution in [3.05, 3.63) is 76.5 Å². The lowest BCUT2D eigenvalue weighted by atomic mass is 9.88. The number of carbonyl (C=O) groups is 1. The summed E-state index contributed by atoms with van der Waals surface area (Å²) in [6.45, 7) is 0. The first-order valence-electron chi connectivity index (χ1n) is 9.47. The average Bonchev–Trinajstić information content (AvgIpc) is 3.10. The van der Waals surface area contributed by atoms with Crippen molar-refractivity contribution < 1.29 is 26.7 Å². The molecule has 0 atom stereocenters.